The van der Waals surface area contributed by atoms with Gasteiger partial charge in [-0.3, -0.25) is 0 Å². The highest BCUT2D eigenvalue weighted by atomic mass is 19.1. The predicted molar refractivity (Wildman–Crippen MR) is 80.8 cm³/mol. The van der Waals surface area contributed by atoms with Gasteiger partial charge < -0.3 is 14.5 Å². The van der Waals surface area contributed by atoms with E-state index in [9.17, 15) is 4.39 Å². The highest BCUT2D eigenvalue weighted by Gasteiger charge is 2.10. The minimum atomic E-state index is -0.289. The van der Waals surface area contributed by atoms with E-state index >= 15 is 0 Å². The maximum Gasteiger partial charge on any atom is 0.195 e. The van der Waals surface area contributed by atoms with E-state index in [0.717, 1.165) is 12.4 Å². The van der Waals surface area contributed by atoms with Crippen molar-refractivity contribution >= 4 is 5.96 Å². The average molecular weight is 281 g/mol. The van der Waals surface area contributed by atoms with Crippen LogP contribution in [0, 0.1) is 5.82 Å². The van der Waals surface area contributed by atoms with E-state index in [0.29, 0.717) is 12.3 Å². The Kier molecular flexibility index (Phi) is 6.28. The van der Waals surface area contributed by atoms with Gasteiger partial charge in [0.1, 0.15) is 17.7 Å². The molecule has 0 spiro atoms. The lowest BCUT2D eigenvalue weighted by atomic mass is 10.2. The molecule has 0 aliphatic carbocycles. The molecule has 0 amide bonds. The predicted octanol–water partition coefficient (Wildman–Crippen LogP) is 2.46. The SMILES string of the molecule is CCC(CN=C(N(C)C)N(C)C)Oc1cccc(F)c1. The van der Waals surface area contributed by atoms with Crippen LogP contribution in [0.4, 0.5) is 4.39 Å². The summed E-state index contributed by atoms with van der Waals surface area (Å²) < 4.78 is 18.9. The number of guanidine groups is 1. The van der Waals surface area contributed by atoms with Crippen molar-refractivity contribution in [3.63, 3.8) is 0 Å². The van der Waals surface area contributed by atoms with Gasteiger partial charge in [-0.25, -0.2) is 9.38 Å². The fraction of sp³-hybridized carbons (Fsp3) is 0.533. The minimum Gasteiger partial charge on any atom is -0.488 e. The zero-order valence-corrected chi connectivity index (χ0v) is 12.9. The molecule has 0 radical (unpaired) electrons. The summed E-state index contributed by atoms with van der Waals surface area (Å²) in [7, 11) is 7.81. The molecule has 0 bridgehead atoms. The van der Waals surface area contributed by atoms with Crippen LogP contribution in [0.1, 0.15) is 13.3 Å². The largest absolute Gasteiger partial charge is 0.488 e. The molecule has 4 nitrogen and oxygen atoms in total. The van der Waals surface area contributed by atoms with Gasteiger partial charge in [0.05, 0.1) is 6.54 Å². The molecule has 0 saturated carbocycles. The van der Waals surface area contributed by atoms with Gasteiger partial charge in [-0.2, -0.15) is 0 Å². The van der Waals surface area contributed by atoms with Crippen LogP contribution in [0.2, 0.25) is 0 Å². The number of hydrogen-bond donors (Lipinski definition) is 0. The van der Waals surface area contributed by atoms with Gasteiger partial charge in [-0.1, -0.05) is 13.0 Å². The van der Waals surface area contributed by atoms with Gasteiger partial charge in [0, 0.05) is 34.3 Å². The first-order valence-corrected chi connectivity index (χ1v) is 6.75. The smallest absolute Gasteiger partial charge is 0.195 e. The number of benzene rings is 1. The Bertz CT molecular complexity index is 436. The second-order valence-electron chi connectivity index (χ2n) is 5.04. The second kappa shape index (κ2) is 7.72. The molecule has 112 valence electrons. The summed E-state index contributed by atoms with van der Waals surface area (Å²) in [6.45, 7) is 2.57. The zero-order valence-electron chi connectivity index (χ0n) is 12.9. The minimum absolute atomic E-state index is 0.0632. The molecular weight excluding hydrogens is 257 g/mol. The summed E-state index contributed by atoms with van der Waals surface area (Å²) in [6, 6.07) is 6.20. The van der Waals surface area contributed by atoms with E-state index in [-0.39, 0.29) is 11.9 Å². The van der Waals surface area contributed by atoms with Crippen LogP contribution in [0.15, 0.2) is 29.3 Å². The Morgan fingerprint density at radius 1 is 1.25 bits per heavy atom. The molecule has 0 aliphatic rings. The number of aliphatic imine (C=N–C) groups is 1. The standard InChI is InChI=1S/C15H24FN3O/c1-6-13(11-17-15(18(2)3)19(4)5)20-14-9-7-8-12(16)10-14/h7-10,13H,6,11H2,1-5H3. The molecular formula is C15H24FN3O. The Hall–Kier alpha value is -1.78. The van der Waals surface area contributed by atoms with Gasteiger partial charge in [-0.15, -0.1) is 0 Å². The molecule has 1 atom stereocenters. The fourth-order valence-electron chi connectivity index (χ4n) is 1.85. The topological polar surface area (TPSA) is 28.1 Å². The average Bonchev–Trinajstić information content (AvgIpc) is 2.36. The van der Waals surface area contributed by atoms with E-state index in [1.54, 1.807) is 12.1 Å². The van der Waals surface area contributed by atoms with Crippen LogP contribution in [0.5, 0.6) is 5.75 Å². The van der Waals surface area contributed by atoms with E-state index in [4.69, 9.17) is 4.74 Å². The first-order chi connectivity index (χ1) is 9.43. The van der Waals surface area contributed by atoms with Gasteiger partial charge >= 0.3 is 0 Å². The molecule has 0 heterocycles. The van der Waals surface area contributed by atoms with Crippen molar-refractivity contribution in [2.75, 3.05) is 34.7 Å². The first-order valence-electron chi connectivity index (χ1n) is 6.75. The lowest BCUT2D eigenvalue weighted by Gasteiger charge is -2.24. The third-order valence-corrected chi connectivity index (χ3v) is 2.79. The Morgan fingerprint density at radius 3 is 2.40 bits per heavy atom. The van der Waals surface area contributed by atoms with Crippen LogP contribution >= 0.6 is 0 Å². The number of rotatable bonds is 5. The van der Waals surface area contributed by atoms with Crippen LogP contribution in [0.25, 0.3) is 0 Å². The molecule has 0 aliphatic heterocycles. The summed E-state index contributed by atoms with van der Waals surface area (Å²) in [6.07, 6.45) is 0.750. The van der Waals surface area contributed by atoms with Crippen molar-refractivity contribution in [2.24, 2.45) is 4.99 Å². The number of halogens is 1. The van der Waals surface area contributed by atoms with Gasteiger partial charge in [0.25, 0.3) is 0 Å². The molecule has 20 heavy (non-hydrogen) atoms. The van der Waals surface area contributed by atoms with Crippen molar-refractivity contribution in [3.05, 3.63) is 30.1 Å². The van der Waals surface area contributed by atoms with Crippen molar-refractivity contribution in [2.45, 2.75) is 19.4 Å². The van der Waals surface area contributed by atoms with E-state index in [1.807, 2.05) is 44.9 Å². The third kappa shape index (κ3) is 5.07. The van der Waals surface area contributed by atoms with Crippen LogP contribution in [-0.2, 0) is 0 Å². The third-order valence-electron chi connectivity index (χ3n) is 2.79. The van der Waals surface area contributed by atoms with E-state index in [1.165, 1.54) is 12.1 Å². The van der Waals surface area contributed by atoms with Crippen molar-refractivity contribution in [3.8, 4) is 5.75 Å². The molecule has 1 aromatic rings. The molecule has 5 heteroatoms. The Labute approximate surface area is 120 Å². The number of hydrogen-bond acceptors (Lipinski definition) is 2. The lowest BCUT2D eigenvalue weighted by molar-refractivity contribution is 0.204. The highest BCUT2D eigenvalue weighted by molar-refractivity contribution is 5.79. The highest BCUT2D eigenvalue weighted by Crippen LogP contribution is 2.15. The maximum atomic E-state index is 13.1. The lowest BCUT2D eigenvalue weighted by Crippen LogP contribution is -2.36. The quantitative estimate of drug-likeness (QED) is 0.613. The normalized spacial score (nSPS) is 11.7. The summed E-state index contributed by atoms with van der Waals surface area (Å²) in [5.41, 5.74) is 0. The van der Waals surface area contributed by atoms with Crippen molar-refractivity contribution < 1.29 is 9.13 Å². The second-order valence-corrected chi connectivity index (χ2v) is 5.04. The number of nitrogens with zero attached hydrogens (tertiary/aromatic N) is 3. The molecule has 1 aromatic carbocycles. The fourth-order valence-corrected chi connectivity index (χ4v) is 1.85. The van der Waals surface area contributed by atoms with Crippen LogP contribution in [0.3, 0.4) is 0 Å². The van der Waals surface area contributed by atoms with Gasteiger partial charge in [0.2, 0.25) is 0 Å². The molecule has 0 N–H and O–H groups in total. The summed E-state index contributed by atoms with van der Waals surface area (Å²) in [5.74, 6) is 1.14. The summed E-state index contributed by atoms with van der Waals surface area (Å²) in [5, 5.41) is 0. The van der Waals surface area contributed by atoms with Crippen LogP contribution in [-0.4, -0.2) is 56.6 Å². The van der Waals surface area contributed by atoms with Crippen molar-refractivity contribution in [1.82, 2.24) is 9.80 Å². The Morgan fingerprint density at radius 2 is 1.90 bits per heavy atom. The Balaban J connectivity index is 2.70. The monoisotopic (exact) mass is 281 g/mol. The summed E-state index contributed by atoms with van der Waals surface area (Å²) in [4.78, 5) is 8.47. The molecule has 0 fully saturated rings. The zero-order chi connectivity index (χ0) is 15.1. The molecule has 1 unspecified atom stereocenters. The molecule has 0 aromatic heterocycles. The number of ether oxygens (including phenoxy) is 1. The maximum absolute atomic E-state index is 13.1. The van der Waals surface area contributed by atoms with Crippen LogP contribution < -0.4 is 4.74 Å². The molecule has 0 saturated heterocycles. The van der Waals surface area contributed by atoms with Gasteiger partial charge in [-0.05, 0) is 18.6 Å². The van der Waals surface area contributed by atoms with E-state index < -0.39 is 0 Å². The van der Waals surface area contributed by atoms with Crippen molar-refractivity contribution in [1.29, 1.82) is 0 Å². The molecule has 1 rings (SSSR count). The van der Waals surface area contributed by atoms with Gasteiger partial charge in [0.15, 0.2) is 5.96 Å². The van der Waals surface area contributed by atoms with E-state index in [2.05, 4.69) is 4.99 Å². The summed E-state index contributed by atoms with van der Waals surface area (Å²) >= 11 is 0. The first kappa shape index (κ1) is 16.3.